The van der Waals surface area contributed by atoms with E-state index in [0.717, 1.165) is 25.9 Å². The zero-order valence-electron chi connectivity index (χ0n) is 11.9. The van der Waals surface area contributed by atoms with Crippen molar-refractivity contribution in [3.8, 4) is 5.88 Å². The van der Waals surface area contributed by atoms with Crippen LogP contribution in [-0.4, -0.2) is 29.8 Å². The van der Waals surface area contributed by atoms with Gasteiger partial charge in [0.15, 0.2) is 5.82 Å². The van der Waals surface area contributed by atoms with Crippen LogP contribution in [0, 0.1) is 5.82 Å². The lowest BCUT2D eigenvalue weighted by atomic mass is 10.1. The molecule has 3 heterocycles. The summed E-state index contributed by atoms with van der Waals surface area (Å²) >= 11 is 0. The van der Waals surface area contributed by atoms with Crippen LogP contribution in [-0.2, 0) is 4.74 Å². The molecule has 1 atom stereocenters. The van der Waals surface area contributed by atoms with Crippen LogP contribution in [0.1, 0.15) is 24.8 Å². The van der Waals surface area contributed by atoms with Crippen molar-refractivity contribution in [3.05, 3.63) is 35.8 Å². The molecule has 1 fully saturated rings. The molecule has 0 aromatic carbocycles. The van der Waals surface area contributed by atoms with E-state index in [1.807, 2.05) is 6.08 Å². The van der Waals surface area contributed by atoms with Gasteiger partial charge in [0, 0.05) is 18.2 Å². The molecule has 0 aliphatic carbocycles. The molecule has 2 aromatic heterocycles. The highest BCUT2D eigenvalue weighted by Crippen LogP contribution is 2.23. The van der Waals surface area contributed by atoms with Gasteiger partial charge in [-0.2, -0.15) is 0 Å². The van der Waals surface area contributed by atoms with Gasteiger partial charge < -0.3 is 9.47 Å². The molecule has 1 saturated heterocycles. The normalized spacial score (nSPS) is 19.2. The van der Waals surface area contributed by atoms with Gasteiger partial charge in [0.2, 0.25) is 5.88 Å². The summed E-state index contributed by atoms with van der Waals surface area (Å²) in [6.45, 7) is 0.765. The van der Waals surface area contributed by atoms with Gasteiger partial charge in [0.1, 0.15) is 5.52 Å². The number of rotatable bonds is 3. The van der Waals surface area contributed by atoms with E-state index in [2.05, 4.69) is 9.97 Å². The Morgan fingerprint density at radius 2 is 2.29 bits per heavy atom. The van der Waals surface area contributed by atoms with Crippen LogP contribution in [0.3, 0.4) is 0 Å². The van der Waals surface area contributed by atoms with Crippen molar-refractivity contribution in [2.45, 2.75) is 25.4 Å². The smallest absolute Gasteiger partial charge is 0.213 e. The third kappa shape index (κ3) is 3.03. The van der Waals surface area contributed by atoms with Crippen LogP contribution in [0.2, 0.25) is 0 Å². The SMILES string of the molecule is COc1ccc2ncc(F)c(C=CC3CCCCO3)c2n1. The summed E-state index contributed by atoms with van der Waals surface area (Å²) in [6, 6.07) is 3.49. The fraction of sp³-hybridized carbons (Fsp3) is 0.375. The van der Waals surface area contributed by atoms with Crippen molar-refractivity contribution in [1.29, 1.82) is 0 Å². The lowest BCUT2D eigenvalue weighted by Crippen LogP contribution is -2.16. The highest BCUT2D eigenvalue weighted by molar-refractivity contribution is 5.84. The van der Waals surface area contributed by atoms with E-state index in [4.69, 9.17) is 9.47 Å². The van der Waals surface area contributed by atoms with Crippen LogP contribution >= 0.6 is 0 Å². The number of halogens is 1. The zero-order valence-corrected chi connectivity index (χ0v) is 11.9. The fourth-order valence-electron chi connectivity index (χ4n) is 2.44. The van der Waals surface area contributed by atoms with Gasteiger partial charge in [0.05, 0.1) is 24.9 Å². The molecule has 0 bridgehead atoms. The third-order valence-electron chi connectivity index (χ3n) is 3.58. The molecule has 1 aliphatic rings. The molecule has 2 aromatic rings. The van der Waals surface area contributed by atoms with Crippen LogP contribution in [0.4, 0.5) is 4.39 Å². The van der Waals surface area contributed by atoms with E-state index in [1.54, 1.807) is 18.2 Å². The molecule has 1 aliphatic heterocycles. The highest BCUT2D eigenvalue weighted by Gasteiger charge is 2.13. The highest BCUT2D eigenvalue weighted by atomic mass is 19.1. The predicted octanol–water partition coefficient (Wildman–Crippen LogP) is 3.36. The van der Waals surface area contributed by atoms with Gasteiger partial charge in [-0.15, -0.1) is 0 Å². The molecule has 0 spiro atoms. The Morgan fingerprint density at radius 1 is 1.38 bits per heavy atom. The molecule has 4 nitrogen and oxygen atoms in total. The third-order valence-corrected chi connectivity index (χ3v) is 3.58. The molecular formula is C16H17FN2O2. The number of methoxy groups -OCH3 is 1. The number of aromatic nitrogens is 2. The molecular weight excluding hydrogens is 271 g/mol. The van der Waals surface area contributed by atoms with Gasteiger partial charge in [-0.25, -0.2) is 9.37 Å². The largest absolute Gasteiger partial charge is 0.481 e. The molecule has 21 heavy (non-hydrogen) atoms. The van der Waals surface area contributed by atoms with Gasteiger partial charge in [-0.3, -0.25) is 4.98 Å². The number of fused-ring (bicyclic) bond motifs is 1. The average Bonchev–Trinajstić information content (AvgIpc) is 2.54. The van der Waals surface area contributed by atoms with Gasteiger partial charge >= 0.3 is 0 Å². The summed E-state index contributed by atoms with van der Waals surface area (Å²) in [4.78, 5) is 8.35. The second-order valence-corrected chi connectivity index (χ2v) is 5.01. The predicted molar refractivity (Wildman–Crippen MR) is 78.7 cm³/mol. The van der Waals surface area contributed by atoms with Crippen LogP contribution in [0.25, 0.3) is 17.1 Å². The Hall–Kier alpha value is -2.01. The topological polar surface area (TPSA) is 44.2 Å². The first-order chi connectivity index (χ1) is 10.3. The van der Waals surface area contributed by atoms with Crippen molar-refractivity contribution in [2.75, 3.05) is 13.7 Å². The molecule has 0 radical (unpaired) electrons. The lowest BCUT2D eigenvalue weighted by Gasteiger charge is -2.19. The van der Waals surface area contributed by atoms with Crippen molar-refractivity contribution < 1.29 is 13.9 Å². The summed E-state index contributed by atoms with van der Waals surface area (Å²) in [5.74, 6) is 0.0498. The number of pyridine rings is 2. The van der Waals surface area contributed by atoms with Crippen molar-refractivity contribution in [1.82, 2.24) is 9.97 Å². The fourth-order valence-corrected chi connectivity index (χ4v) is 2.44. The minimum absolute atomic E-state index is 0.0481. The van der Waals surface area contributed by atoms with Crippen LogP contribution in [0.5, 0.6) is 5.88 Å². The number of hydrogen-bond acceptors (Lipinski definition) is 4. The van der Waals surface area contributed by atoms with Crippen molar-refractivity contribution in [2.24, 2.45) is 0 Å². The van der Waals surface area contributed by atoms with Gasteiger partial charge in [-0.05, 0) is 25.3 Å². The van der Waals surface area contributed by atoms with Crippen molar-refractivity contribution >= 4 is 17.1 Å². The maximum absolute atomic E-state index is 14.1. The number of hydrogen-bond donors (Lipinski definition) is 0. The van der Waals surface area contributed by atoms with Gasteiger partial charge in [0.25, 0.3) is 0 Å². The monoisotopic (exact) mass is 288 g/mol. The molecule has 110 valence electrons. The van der Waals surface area contributed by atoms with Crippen molar-refractivity contribution in [3.63, 3.8) is 0 Å². The second kappa shape index (κ2) is 6.18. The quantitative estimate of drug-likeness (QED) is 0.868. The average molecular weight is 288 g/mol. The first kappa shape index (κ1) is 13.9. The standard InChI is InChI=1S/C16H17FN2O2/c1-20-15-8-7-14-16(19-15)12(13(17)10-18-14)6-5-11-4-2-3-9-21-11/h5-8,10-11H,2-4,9H2,1H3. The van der Waals surface area contributed by atoms with Gasteiger partial charge in [-0.1, -0.05) is 12.2 Å². The minimum Gasteiger partial charge on any atom is -0.481 e. The van der Waals surface area contributed by atoms with Crippen LogP contribution in [0.15, 0.2) is 24.4 Å². The summed E-state index contributed by atoms with van der Waals surface area (Å²) < 4.78 is 24.8. The first-order valence-corrected chi connectivity index (χ1v) is 7.07. The lowest BCUT2D eigenvalue weighted by molar-refractivity contribution is 0.0471. The second-order valence-electron chi connectivity index (χ2n) is 5.01. The molecule has 3 rings (SSSR count). The summed E-state index contributed by atoms with van der Waals surface area (Å²) in [6.07, 6.45) is 8.11. The molecule has 0 amide bonds. The summed E-state index contributed by atoms with van der Waals surface area (Å²) in [7, 11) is 1.53. The molecule has 1 unspecified atom stereocenters. The number of nitrogens with zero attached hydrogens (tertiary/aromatic N) is 2. The Kier molecular flexibility index (Phi) is 4.10. The van der Waals surface area contributed by atoms with Crippen LogP contribution < -0.4 is 4.74 Å². The molecule has 0 saturated carbocycles. The first-order valence-electron chi connectivity index (χ1n) is 7.07. The van der Waals surface area contributed by atoms with E-state index >= 15 is 0 Å². The van der Waals surface area contributed by atoms with E-state index in [-0.39, 0.29) is 6.10 Å². The Bertz CT molecular complexity index is 667. The van der Waals surface area contributed by atoms with E-state index < -0.39 is 5.82 Å². The van der Waals surface area contributed by atoms with E-state index in [9.17, 15) is 4.39 Å². The maximum Gasteiger partial charge on any atom is 0.213 e. The molecule has 0 N–H and O–H groups in total. The van der Waals surface area contributed by atoms with E-state index in [0.29, 0.717) is 22.5 Å². The summed E-state index contributed by atoms with van der Waals surface area (Å²) in [5, 5.41) is 0. The zero-order chi connectivity index (χ0) is 14.7. The Balaban J connectivity index is 1.99. The minimum atomic E-state index is -0.393. The maximum atomic E-state index is 14.1. The number of ether oxygens (including phenoxy) is 2. The Labute approximate surface area is 122 Å². The van der Waals surface area contributed by atoms with E-state index in [1.165, 1.54) is 13.3 Å². The molecule has 5 heteroatoms. The Morgan fingerprint density at radius 3 is 3.05 bits per heavy atom. The summed E-state index contributed by atoms with van der Waals surface area (Å²) in [5.41, 5.74) is 1.57.